The molecule has 0 heterocycles. The van der Waals surface area contributed by atoms with E-state index in [9.17, 15) is 14.8 Å². The van der Waals surface area contributed by atoms with Crippen LogP contribution in [0.4, 0.5) is 0 Å². The summed E-state index contributed by atoms with van der Waals surface area (Å²) in [5.74, 6) is -0.866. The van der Waals surface area contributed by atoms with Gasteiger partial charge in [0.2, 0.25) is 0 Å². The molecule has 1 rings (SSSR count). The molecule has 6 nitrogen and oxygen atoms in total. The first-order chi connectivity index (χ1) is 9.67. The quantitative estimate of drug-likeness (QED) is 0.416. The molecule has 4 N–H and O–H groups in total. The minimum absolute atomic E-state index is 0.367. The number of nitrogens with zero attached hydrogens (tertiary/aromatic N) is 1. The van der Waals surface area contributed by atoms with Crippen molar-refractivity contribution in [2.45, 2.75) is 44.2 Å². The number of aliphatic carboxylic acids is 1. The first-order valence-corrected chi connectivity index (χ1v) is 7.02. The molecule has 1 aliphatic rings. The third-order valence-corrected chi connectivity index (χ3v) is 3.31. The van der Waals surface area contributed by atoms with Crippen LogP contribution >= 0.6 is 0 Å². The number of carboxylic acid groups (broad SMARTS) is 1. The van der Waals surface area contributed by atoms with Crippen LogP contribution in [0, 0.1) is 4.91 Å². The molecule has 0 saturated carbocycles. The molecule has 1 aliphatic carbocycles. The zero-order valence-corrected chi connectivity index (χ0v) is 11.6. The summed E-state index contributed by atoms with van der Waals surface area (Å²) in [6.45, 7) is 1.33. The molecule has 0 aliphatic heterocycles. The molecule has 0 aromatic carbocycles. The molecule has 0 bridgehead atoms. The number of allylic oxidation sites excluding steroid dienone is 2. The van der Waals surface area contributed by atoms with Gasteiger partial charge in [0, 0.05) is 0 Å². The fraction of sp³-hybridized carbons (Fsp3) is 0.643. The van der Waals surface area contributed by atoms with Crippen molar-refractivity contribution in [3.63, 3.8) is 0 Å². The van der Waals surface area contributed by atoms with Gasteiger partial charge < -0.3 is 16.2 Å². The number of unbranched alkanes of at least 4 members (excludes halogenated alkanes) is 2. The van der Waals surface area contributed by atoms with Gasteiger partial charge in [-0.05, 0) is 38.8 Å². The molecular formula is C14H23N3O3. The van der Waals surface area contributed by atoms with Gasteiger partial charge in [0.05, 0.1) is 0 Å². The van der Waals surface area contributed by atoms with E-state index < -0.39 is 12.0 Å². The van der Waals surface area contributed by atoms with E-state index in [1.54, 1.807) is 12.2 Å². The Morgan fingerprint density at radius 2 is 2.30 bits per heavy atom. The van der Waals surface area contributed by atoms with Crippen LogP contribution in [0.25, 0.3) is 0 Å². The molecule has 20 heavy (non-hydrogen) atoms. The number of carbonyl (C=O) groups is 1. The van der Waals surface area contributed by atoms with Gasteiger partial charge in [0.1, 0.15) is 12.1 Å². The fourth-order valence-electron chi connectivity index (χ4n) is 2.18. The highest BCUT2D eigenvalue weighted by molar-refractivity contribution is 5.73. The van der Waals surface area contributed by atoms with Crippen molar-refractivity contribution in [3.05, 3.63) is 28.7 Å². The van der Waals surface area contributed by atoms with Crippen LogP contribution in [0.15, 0.2) is 29.0 Å². The van der Waals surface area contributed by atoms with Crippen LogP contribution in [0.5, 0.6) is 0 Å². The van der Waals surface area contributed by atoms with E-state index in [-0.39, 0.29) is 6.04 Å². The van der Waals surface area contributed by atoms with Crippen molar-refractivity contribution < 1.29 is 9.90 Å². The van der Waals surface area contributed by atoms with Crippen molar-refractivity contribution in [2.75, 3.05) is 13.1 Å². The molecule has 0 saturated heterocycles. The Bertz CT molecular complexity index is 380. The average Bonchev–Trinajstić information content (AvgIpc) is 2.45. The van der Waals surface area contributed by atoms with Crippen LogP contribution in [0.3, 0.4) is 0 Å². The molecule has 2 unspecified atom stereocenters. The molecule has 112 valence electrons. The van der Waals surface area contributed by atoms with Gasteiger partial charge in [-0.15, -0.1) is 0 Å². The van der Waals surface area contributed by atoms with E-state index >= 15 is 0 Å². The lowest BCUT2D eigenvalue weighted by molar-refractivity contribution is -0.139. The van der Waals surface area contributed by atoms with Crippen LogP contribution in [0.1, 0.15) is 32.1 Å². The topological polar surface area (TPSA) is 105 Å². The number of carboxylic acids is 1. The highest BCUT2D eigenvalue weighted by atomic mass is 16.4. The van der Waals surface area contributed by atoms with E-state index in [0.717, 1.165) is 24.8 Å². The first kappa shape index (κ1) is 16.5. The van der Waals surface area contributed by atoms with Crippen molar-refractivity contribution >= 4 is 5.97 Å². The normalized spacial score (nSPS) is 19.4. The summed E-state index contributed by atoms with van der Waals surface area (Å²) in [6.07, 6.45) is 9.16. The second-order valence-electron chi connectivity index (χ2n) is 4.99. The van der Waals surface area contributed by atoms with Gasteiger partial charge in [-0.25, -0.2) is 0 Å². The molecule has 2 atom stereocenters. The minimum atomic E-state index is -0.866. The summed E-state index contributed by atoms with van der Waals surface area (Å²) in [7, 11) is 0. The maximum Gasteiger partial charge on any atom is 0.321 e. The Kier molecular flexibility index (Phi) is 7.75. The van der Waals surface area contributed by atoms with Crippen molar-refractivity contribution in [2.24, 2.45) is 10.9 Å². The fourth-order valence-corrected chi connectivity index (χ4v) is 2.18. The number of nitrogens with two attached hydrogens (primary N) is 1. The number of hydrogen-bond acceptors (Lipinski definition) is 5. The first-order valence-electron chi connectivity index (χ1n) is 7.02. The number of rotatable bonds is 10. The molecule has 0 aromatic rings. The second kappa shape index (κ2) is 9.39. The van der Waals surface area contributed by atoms with Crippen LogP contribution < -0.4 is 11.1 Å². The van der Waals surface area contributed by atoms with Crippen molar-refractivity contribution in [1.29, 1.82) is 0 Å². The predicted octanol–water partition coefficient (Wildman–Crippen LogP) is 1.57. The maximum absolute atomic E-state index is 11.2. The summed E-state index contributed by atoms with van der Waals surface area (Å²) in [4.78, 5) is 21.8. The van der Waals surface area contributed by atoms with E-state index in [1.807, 2.05) is 6.08 Å². The Morgan fingerprint density at radius 3 is 2.95 bits per heavy atom. The maximum atomic E-state index is 11.2. The molecule has 0 amide bonds. The van der Waals surface area contributed by atoms with E-state index in [4.69, 9.17) is 5.73 Å². The molecule has 6 heteroatoms. The largest absolute Gasteiger partial charge is 0.480 e. The monoisotopic (exact) mass is 281 g/mol. The Balaban J connectivity index is 2.39. The Hall–Kier alpha value is -1.53. The van der Waals surface area contributed by atoms with E-state index in [1.165, 1.54) is 0 Å². The standard InChI is InChI=1S/C14H23N3O3/c15-7-2-1-3-8-16-13(14(18)19)10-11-5-4-6-12(9-11)17-20/h4-6,12-13,16H,1-3,7-10,15H2,(H,18,19). The van der Waals surface area contributed by atoms with Gasteiger partial charge in [-0.3, -0.25) is 4.79 Å². The van der Waals surface area contributed by atoms with E-state index in [2.05, 4.69) is 10.5 Å². The van der Waals surface area contributed by atoms with Crippen LogP contribution in [0.2, 0.25) is 0 Å². The van der Waals surface area contributed by atoms with Gasteiger partial charge in [0.25, 0.3) is 0 Å². The zero-order chi connectivity index (χ0) is 14.8. The van der Waals surface area contributed by atoms with Gasteiger partial charge in [-0.1, -0.05) is 35.4 Å². The van der Waals surface area contributed by atoms with Crippen molar-refractivity contribution in [1.82, 2.24) is 5.32 Å². The van der Waals surface area contributed by atoms with E-state index in [0.29, 0.717) is 25.9 Å². The average molecular weight is 281 g/mol. The zero-order valence-electron chi connectivity index (χ0n) is 11.6. The third kappa shape index (κ3) is 6.08. The summed E-state index contributed by atoms with van der Waals surface area (Å²) < 4.78 is 0. The highest BCUT2D eigenvalue weighted by Crippen LogP contribution is 2.20. The second-order valence-corrected chi connectivity index (χ2v) is 4.99. The smallest absolute Gasteiger partial charge is 0.321 e. The third-order valence-electron chi connectivity index (χ3n) is 3.31. The predicted molar refractivity (Wildman–Crippen MR) is 78.4 cm³/mol. The molecular weight excluding hydrogens is 258 g/mol. The summed E-state index contributed by atoms with van der Waals surface area (Å²) in [5.41, 5.74) is 6.35. The Morgan fingerprint density at radius 1 is 1.50 bits per heavy atom. The summed E-state index contributed by atoms with van der Waals surface area (Å²) in [5, 5.41) is 15.2. The lowest BCUT2D eigenvalue weighted by Gasteiger charge is -2.18. The highest BCUT2D eigenvalue weighted by Gasteiger charge is 2.20. The van der Waals surface area contributed by atoms with Crippen LogP contribution in [-0.4, -0.2) is 36.2 Å². The molecule has 0 fully saturated rings. The molecule has 0 radical (unpaired) electrons. The summed E-state index contributed by atoms with van der Waals surface area (Å²) >= 11 is 0. The molecule has 0 spiro atoms. The number of nitrogens with one attached hydrogen (secondary N) is 1. The SMILES string of the molecule is NCCCCCNC(CC1=CC=CC(N=O)C1)C(=O)O. The Labute approximate surface area is 119 Å². The van der Waals surface area contributed by atoms with Gasteiger partial charge in [0.15, 0.2) is 0 Å². The molecule has 0 aromatic heterocycles. The lowest BCUT2D eigenvalue weighted by atomic mass is 9.95. The van der Waals surface area contributed by atoms with Crippen LogP contribution in [-0.2, 0) is 4.79 Å². The minimum Gasteiger partial charge on any atom is -0.480 e. The van der Waals surface area contributed by atoms with Gasteiger partial charge >= 0.3 is 5.97 Å². The van der Waals surface area contributed by atoms with Gasteiger partial charge in [-0.2, -0.15) is 4.91 Å². The number of nitroso groups, excluding NO2 is 1. The number of hydrogen-bond donors (Lipinski definition) is 3. The summed E-state index contributed by atoms with van der Waals surface area (Å²) in [6, 6.07) is -0.980. The lowest BCUT2D eigenvalue weighted by Crippen LogP contribution is -2.37. The van der Waals surface area contributed by atoms with Crippen molar-refractivity contribution in [3.8, 4) is 0 Å².